The minimum Gasteiger partial charge on any atom is -0.352 e. The fourth-order valence-electron chi connectivity index (χ4n) is 4.20. The summed E-state index contributed by atoms with van der Waals surface area (Å²) in [4.78, 5) is 24.1. The highest BCUT2D eigenvalue weighted by atomic mass is 16.2. The minimum absolute atomic E-state index is 0.0844. The van der Waals surface area contributed by atoms with Gasteiger partial charge in [-0.3, -0.25) is 14.3 Å². The Morgan fingerprint density at radius 1 is 1.15 bits per heavy atom. The van der Waals surface area contributed by atoms with Gasteiger partial charge in [-0.05, 0) is 43.7 Å². The molecule has 6 nitrogen and oxygen atoms in total. The predicted octanol–water partition coefficient (Wildman–Crippen LogP) is 2.98. The van der Waals surface area contributed by atoms with E-state index in [9.17, 15) is 9.59 Å². The molecule has 26 heavy (non-hydrogen) atoms. The number of nitrogens with zero attached hydrogens (tertiary/aromatic N) is 2. The van der Waals surface area contributed by atoms with Crippen LogP contribution >= 0.6 is 0 Å². The first kappa shape index (κ1) is 18.7. The van der Waals surface area contributed by atoms with Crippen molar-refractivity contribution in [3.05, 3.63) is 30.6 Å². The van der Waals surface area contributed by atoms with Crippen LogP contribution in [0.5, 0.6) is 0 Å². The Bertz CT molecular complexity index is 634. The zero-order valence-electron chi connectivity index (χ0n) is 15.5. The van der Waals surface area contributed by atoms with Crippen molar-refractivity contribution in [3.8, 4) is 0 Å². The van der Waals surface area contributed by atoms with Crippen LogP contribution in [0.15, 0.2) is 24.9 Å². The molecular formula is C20H30N4O2. The molecule has 3 rings (SSSR count). The van der Waals surface area contributed by atoms with E-state index in [1.807, 2.05) is 16.9 Å². The molecular weight excluding hydrogens is 328 g/mol. The van der Waals surface area contributed by atoms with Crippen LogP contribution < -0.4 is 10.6 Å². The van der Waals surface area contributed by atoms with E-state index in [0.717, 1.165) is 38.5 Å². The van der Waals surface area contributed by atoms with E-state index in [4.69, 9.17) is 0 Å². The van der Waals surface area contributed by atoms with Crippen LogP contribution in [0.3, 0.4) is 0 Å². The summed E-state index contributed by atoms with van der Waals surface area (Å²) >= 11 is 0. The van der Waals surface area contributed by atoms with Crippen molar-refractivity contribution in [1.29, 1.82) is 0 Å². The van der Waals surface area contributed by atoms with Gasteiger partial charge in [-0.1, -0.05) is 38.7 Å². The first-order chi connectivity index (χ1) is 12.7. The highest BCUT2D eigenvalue weighted by Gasteiger charge is 2.28. The van der Waals surface area contributed by atoms with Crippen molar-refractivity contribution in [2.45, 2.75) is 69.9 Å². The number of hydrogen-bond acceptors (Lipinski definition) is 3. The molecule has 2 N–H and O–H groups in total. The zero-order chi connectivity index (χ0) is 18.4. The van der Waals surface area contributed by atoms with Gasteiger partial charge in [-0.15, -0.1) is 0 Å². The fourth-order valence-corrected chi connectivity index (χ4v) is 4.20. The lowest BCUT2D eigenvalue weighted by Crippen LogP contribution is -2.46. The van der Waals surface area contributed by atoms with Gasteiger partial charge in [0.05, 0.1) is 6.04 Å². The summed E-state index contributed by atoms with van der Waals surface area (Å²) in [6, 6.07) is 2.34. The molecule has 0 spiro atoms. The summed E-state index contributed by atoms with van der Waals surface area (Å²) in [5.41, 5.74) is 0.495. The second-order valence-corrected chi connectivity index (χ2v) is 7.55. The maximum absolute atomic E-state index is 12.7. The highest BCUT2D eigenvalue weighted by molar-refractivity contribution is 5.92. The number of nitrogens with one attached hydrogen (secondary N) is 2. The molecule has 0 bridgehead atoms. The maximum atomic E-state index is 12.7. The van der Waals surface area contributed by atoms with Crippen molar-refractivity contribution in [2.75, 3.05) is 6.54 Å². The Balaban J connectivity index is 1.57. The third kappa shape index (κ3) is 4.74. The van der Waals surface area contributed by atoms with Gasteiger partial charge in [-0.2, -0.15) is 5.10 Å². The molecule has 6 heteroatoms. The Hall–Kier alpha value is -2.11. The van der Waals surface area contributed by atoms with Gasteiger partial charge in [0.1, 0.15) is 5.69 Å². The van der Waals surface area contributed by atoms with Crippen LogP contribution in [0, 0.1) is 5.92 Å². The lowest BCUT2D eigenvalue weighted by Gasteiger charge is -2.32. The Kier molecular flexibility index (Phi) is 6.47. The van der Waals surface area contributed by atoms with Gasteiger partial charge in [0.2, 0.25) is 5.91 Å². The summed E-state index contributed by atoms with van der Waals surface area (Å²) < 4.78 is 1.97. The van der Waals surface area contributed by atoms with Crippen LogP contribution in [0.1, 0.15) is 74.3 Å². The molecule has 0 saturated heterocycles. The van der Waals surface area contributed by atoms with E-state index in [1.54, 1.807) is 0 Å². The maximum Gasteiger partial charge on any atom is 0.272 e. The second kappa shape index (κ2) is 9.01. The molecule has 1 heterocycles. The standard InChI is InChI=1S/C20H30N4O2/c1-2-19(25)21-14-15-8-6-7-11-17(15)22-20(26)18-12-13-24(23-18)16-9-4-3-5-10-16/h2,12-13,15-17H,1,3-11,14H2,(H,21,25)(H,22,26). The van der Waals surface area contributed by atoms with Crippen molar-refractivity contribution >= 4 is 11.8 Å². The van der Waals surface area contributed by atoms with Gasteiger partial charge in [0.25, 0.3) is 5.91 Å². The minimum atomic E-state index is -0.160. The number of hydrogen-bond donors (Lipinski definition) is 2. The van der Waals surface area contributed by atoms with Crippen molar-refractivity contribution in [3.63, 3.8) is 0 Å². The van der Waals surface area contributed by atoms with Gasteiger partial charge >= 0.3 is 0 Å². The second-order valence-electron chi connectivity index (χ2n) is 7.55. The summed E-state index contributed by atoms with van der Waals surface area (Å²) in [5, 5.41) is 10.5. The van der Waals surface area contributed by atoms with Gasteiger partial charge in [0, 0.05) is 18.8 Å². The molecule has 2 amide bonds. The van der Waals surface area contributed by atoms with Crippen LogP contribution in [0.25, 0.3) is 0 Å². The largest absolute Gasteiger partial charge is 0.352 e. The topological polar surface area (TPSA) is 76.0 Å². The molecule has 2 unspecified atom stereocenters. The normalized spacial score (nSPS) is 24.0. The van der Waals surface area contributed by atoms with E-state index in [0.29, 0.717) is 18.3 Å². The highest BCUT2D eigenvalue weighted by Crippen LogP contribution is 2.28. The molecule has 0 radical (unpaired) electrons. The average Bonchev–Trinajstić information content (AvgIpc) is 3.18. The smallest absolute Gasteiger partial charge is 0.272 e. The third-order valence-corrected chi connectivity index (χ3v) is 5.74. The molecule has 2 aliphatic carbocycles. The molecule has 1 aromatic heterocycles. The van der Waals surface area contributed by atoms with E-state index in [1.165, 1.54) is 25.3 Å². The Labute approximate surface area is 155 Å². The van der Waals surface area contributed by atoms with E-state index in [2.05, 4.69) is 22.3 Å². The van der Waals surface area contributed by atoms with Crippen molar-refractivity contribution < 1.29 is 9.59 Å². The summed E-state index contributed by atoms with van der Waals surface area (Å²) in [5.74, 6) is -0.00425. The van der Waals surface area contributed by atoms with Crippen LogP contribution in [0.4, 0.5) is 0 Å². The number of carbonyl (C=O) groups excluding carboxylic acids is 2. The molecule has 2 aliphatic rings. The van der Waals surface area contributed by atoms with Gasteiger partial charge in [-0.25, -0.2) is 0 Å². The molecule has 2 atom stereocenters. The lowest BCUT2D eigenvalue weighted by atomic mass is 9.84. The van der Waals surface area contributed by atoms with E-state index < -0.39 is 0 Å². The van der Waals surface area contributed by atoms with Gasteiger partial charge in [0.15, 0.2) is 0 Å². The van der Waals surface area contributed by atoms with E-state index >= 15 is 0 Å². The SMILES string of the molecule is C=CC(=O)NCC1CCCCC1NC(=O)c1ccn(C2CCCCC2)n1. The van der Waals surface area contributed by atoms with Crippen LogP contribution in [0.2, 0.25) is 0 Å². The monoisotopic (exact) mass is 358 g/mol. The summed E-state index contributed by atoms with van der Waals surface area (Å²) in [6.45, 7) is 4.06. The Morgan fingerprint density at radius 3 is 2.65 bits per heavy atom. The summed E-state index contributed by atoms with van der Waals surface area (Å²) in [6.07, 6.45) is 13.5. The van der Waals surface area contributed by atoms with Gasteiger partial charge < -0.3 is 10.6 Å². The van der Waals surface area contributed by atoms with Crippen molar-refractivity contribution in [2.24, 2.45) is 5.92 Å². The molecule has 1 aromatic rings. The number of rotatable bonds is 6. The first-order valence-corrected chi connectivity index (χ1v) is 9.93. The van der Waals surface area contributed by atoms with Crippen LogP contribution in [-0.2, 0) is 4.79 Å². The predicted molar refractivity (Wildman–Crippen MR) is 101 cm³/mol. The zero-order valence-corrected chi connectivity index (χ0v) is 15.5. The molecule has 0 aromatic carbocycles. The van der Waals surface area contributed by atoms with Crippen molar-refractivity contribution in [1.82, 2.24) is 20.4 Å². The average molecular weight is 358 g/mol. The molecule has 2 fully saturated rings. The number of amides is 2. The molecule has 2 saturated carbocycles. The lowest BCUT2D eigenvalue weighted by molar-refractivity contribution is -0.116. The summed E-state index contributed by atoms with van der Waals surface area (Å²) in [7, 11) is 0. The quantitative estimate of drug-likeness (QED) is 0.768. The molecule has 142 valence electrons. The fraction of sp³-hybridized carbons (Fsp3) is 0.650. The Morgan fingerprint density at radius 2 is 1.88 bits per heavy atom. The third-order valence-electron chi connectivity index (χ3n) is 5.74. The van der Waals surface area contributed by atoms with Crippen LogP contribution in [-0.4, -0.2) is 34.2 Å². The number of aromatic nitrogens is 2. The van der Waals surface area contributed by atoms with E-state index in [-0.39, 0.29) is 23.8 Å². The first-order valence-electron chi connectivity index (χ1n) is 9.93. The number of carbonyl (C=O) groups is 2. The molecule has 0 aliphatic heterocycles.